The van der Waals surface area contributed by atoms with Crippen LogP contribution >= 0.6 is 0 Å². The number of hydrogen-bond donors (Lipinski definition) is 0. The molecule has 0 aromatic carbocycles. The van der Waals surface area contributed by atoms with Gasteiger partial charge in [0.05, 0.1) is 6.61 Å². The molecule has 0 radical (unpaired) electrons. The van der Waals surface area contributed by atoms with Crippen LogP contribution < -0.4 is 0 Å². The summed E-state index contributed by atoms with van der Waals surface area (Å²) >= 11 is 0. The Hall–Kier alpha value is -2.14. The first-order valence-electron chi connectivity index (χ1n) is 26.2. The Balaban J connectivity index is 4.24. The smallest absolute Gasteiger partial charge is 0.306 e. The molecule has 5 heteroatoms. The van der Waals surface area contributed by atoms with Crippen molar-refractivity contribution in [2.45, 2.75) is 271 Å². The number of rotatable bonds is 48. The van der Waals surface area contributed by atoms with Gasteiger partial charge in [0, 0.05) is 19.4 Å². The van der Waals surface area contributed by atoms with Crippen molar-refractivity contribution in [1.29, 1.82) is 0 Å². The molecule has 0 aliphatic carbocycles. The van der Waals surface area contributed by atoms with Gasteiger partial charge in [0.2, 0.25) is 0 Å². The first-order chi connectivity index (χ1) is 29.6. The van der Waals surface area contributed by atoms with Crippen LogP contribution in [0.3, 0.4) is 0 Å². The van der Waals surface area contributed by atoms with E-state index < -0.39 is 6.10 Å². The topological polar surface area (TPSA) is 61.8 Å². The van der Waals surface area contributed by atoms with E-state index in [1.165, 1.54) is 167 Å². The van der Waals surface area contributed by atoms with Gasteiger partial charge in [-0.1, -0.05) is 217 Å². The van der Waals surface area contributed by atoms with Crippen LogP contribution in [0.5, 0.6) is 0 Å². The highest BCUT2D eigenvalue weighted by Crippen LogP contribution is 2.15. The van der Waals surface area contributed by atoms with E-state index >= 15 is 0 Å². The Morgan fingerprint density at radius 2 is 0.700 bits per heavy atom. The minimum absolute atomic E-state index is 0.0784. The van der Waals surface area contributed by atoms with E-state index in [4.69, 9.17) is 14.2 Å². The first kappa shape index (κ1) is 57.9. The molecule has 5 nitrogen and oxygen atoms in total. The second kappa shape index (κ2) is 51.2. The van der Waals surface area contributed by atoms with Crippen LogP contribution in [-0.2, 0) is 23.8 Å². The number of ether oxygens (including phenoxy) is 3. The summed E-state index contributed by atoms with van der Waals surface area (Å²) in [6.07, 6.45) is 62.6. The Bertz CT molecular complexity index is 997. The molecule has 60 heavy (non-hydrogen) atoms. The maximum absolute atomic E-state index is 12.8. The van der Waals surface area contributed by atoms with E-state index in [9.17, 15) is 9.59 Å². The highest BCUT2D eigenvalue weighted by Gasteiger charge is 2.17. The fraction of sp³-hybridized carbons (Fsp3) is 0.818. The summed E-state index contributed by atoms with van der Waals surface area (Å²) in [6, 6.07) is 0. The molecule has 0 aliphatic heterocycles. The van der Waals surface area contributed by atoms with Gasteiger partial charge in [0.15, 0.2) is 6.10 Å². The van der Waals surface area contributed by atoms with Crippen LogP contribution in [0, 0.1) is 0 Å². The Kier molecular flexibility index (Phi) is 49.4. The molecular formula is C55H100O5. The van der Waals surface area contributed by atoms with Crippen molar-refractivity contribution < 1.29 is 23.8 Å². The number of unbranched alkanes of at least 4 members (excludes halogenated alkanes) is 29. The molecule has 0 aromatic rings. The molecule has 0 aromatic heterocycles. The summed E-state index contributed by atoms with van der Waals surface area (Å²) in [4.78, 5) is 25.4. The van der Waals surface area contributed by atoms with Gasteiger partial charge in [-0.3, -0.25) is 9.59 Å². The van der Waals surface area contributed by atoms with E-state index in [1.54, 1.807) is 0 Å². The summed E-state index contributed by atoms with van der Waals surface area (Å²) in [5, 5.41) is 0. The lowest BCUT2D eigenvalue weighted by Gasteiger charge is -2.18. The lowest BCUT2D eigenvalue weighted by molar-refractivity contribution is -0.163. The van der Waals surface area contributed by atoms with E-state index in [1.807, 2.05) is 0 Å². The number of carbonyl (C=O) groups is 2. The van der Waals surface area contributed by atoms with Gasteiger partial charge in [-0.15, -0.1) is 0 Å². The zero-order valence-corrected chi connectivity index (χ0v) is 40.2. The number of carbonyl (C=O) groups excluding carboxylic acids is 2. The van der Waals surface area contributed by atoms with Crippen molar-refractivity contribution in [1.82, 2.24) is 0 Å². The molecule has 0 amide bonds. The largest absolute Gasteiger partial charge is 0.462 e. The van der Waals surface area contributed by atoms with Gasteiger partial charge in [-0.25, -0.2) is 0 Å². The normalized spacial score (nSPS) is 12.5. The molecule has 0 heterocycles. The van der Waals surface area contributed by atoms with Crippen LogP contribution in [0.15, 0.2) is 48.6 Å². The fourth-order valence-electron chi connectivity index (χ4n) is 7.39. The van der Waals surface area contributed by atoms with E-state index in [2.05, 4.69) is 69.4 Å². The summed E-state index contributed by atoms with van der Waals surface area (Å²) in [5.74, 6) is -0.407. The van der Waals surface area contributed by atoms with E-state index in [0.717, 1.165) is 64.2 Å². The molecule has 0 saturated carbocycles. The van der Waals surface area contributed by atoms with Crippen molar-refractivity contribution >= 4 is 11.9 Å². The van der Waals surface area contributed by atoms with Gasteiger partial charge in [-0.05, 0) is 83.5 Å². The van der Waals surface area contributed by atoms with Crippen LogP contribution in [0.1, 0.15) is 265 Å². The standard InChI is InChI=1S/C55H100O5/c1-4-7-10-13-16-19-22-24-26-27-28-30-32-35-38-41-44-47-50-58-51-53(60-55(57)49-46-43-40-37-33-21-18-15-12-9-6-3)52-59-54(56)48-45-42-39-36-34-31-29-25-23-20-17-14-11-8-5-2/h16-17,19-20,24-26,29,53H,4-15,18,21-23,27-28,30-52H2,1-3H3/b19-16-,20-17-,26-24-,29-25-. The Labute approximate surface area is 373 Å². The van der Waals surface area contributed by atoms with Crippen molar-refractivity contribution in [2.24, 2.45) is 0 Å². The third kappa shape index (κ3) is 48.5. The first-order valence-corrected chi connectivity index (χ1v) is 26.2. The quantitative estimate of drug-likeness (QED) is 0.0347. The van der Waals surface area contributed by atoms with Crippen molar-refractivity contribution in [3.63, 3.8) is 0 Å². The molecular weight excluding hydrogens is 741 g/mol. The van der Waals surface area contributed by atoms with Crippen LogP contribution in [0.4, 0.5) is 0 Å². The van der Waals surface area contributed by atoms with Crippen LogP contribution in [-0.4, -0.2) is 37.9 Å². The molecule has 0 rings (SSSR count). The predicted molar refractivity (Wildman–Crippen MR) is 261 cm³/mol. The third-order valence-electron chi connectivity index (χ3n) is 11.3. The van der Waals surface area contributed by atoms with Gasteiger partial charge in [-0.2, -0.15) is 0 Å². The average Bonchev–Trinajstić information content (AvgIpc) is 3.25. The van der Waals surface area contributed by atoms with Crippen molar-refractivity contribution in [3.05, 3.63) is 48.6 Å². The van der Waals surface area contributed by atoms with Gasteiger partial charge in [0.1, 0.15) is 6.61 Å². The molecule has 1 unspecified atom stereocenters. The Morgan fingerprint density at radius 1 is 0.367 bits per heavy atom. The van der Waals surface area contributed by atoms with Gasteiger partial charge < -0.3 is 14.2 Å². The van der Waals surface area contributed by atoms with Crippen LogP contribution in [0.2, 0.25) is 0 Å². The average molecular weight is 841 g/mol. The second-order valence-electron chi connectivity index (χ2n) is 17.4. The van der Waals surface area contributed by atoms with E-state index in [-0.39, 0.29) is 25.2 Å². The highest BCUT2D eigenvalue weighted by molar-refractivity contribution is 5.70. The lowest BCUT2D eigenvalue weighted by Crippen LogP contribution is -2.30. The number of hydrogen-bond acceptors (Lipinski definition) is 5. The molecule has 0 N–H and O–H groups in total. The fourth-order valence-corrected chi connectivity index (χ4v) is 7.39. The summed E-state index contributed by atoms with van der Waals surface area (Å²) < 4.78 is 17.4. The predicted octanol–water partition coefficient (Wildman–Crippen LogP) is 17.6. The summed E-state index contributed by atoms with van der Waals surface area (Å²) in [7, 11) is 0. The molecule has 0 aliphatic rings. The second-order valence-corrected chi connectivity index (χ2v) is 17.4. The van der Waals surface area contributed by atoms with Crippen LogP contribution in [0.25, 0.3) is 0 Å². The molecule has 1 atom stereocenters. The summed E-state index contributed by atoms with van der Waals surface area (Å²) in [5.41, 5.74) is 0. The van der Waals surface area contributed by atoms with E-state index in [0.29, 0.717) is 19.4 Å². The third-order valence-corrected chi connectivity index (χ3v) is 11.3. The molecule has 0 spiro atoms. The molecule has 0 saturated heterocycles. The highest BCUT2D eigenvalue weighted by atomic mass is 16.6. The number of esters is 2. The SMILES string of the molecule is CCCCC/C=C\C/C=C\CCCCCCCCCCOCC(COC(=O)CCCCCCC/C=C\C/C=C\CCCCC)OC(=O)CCCCCCCCCCCCC. The lowest BCUT2D eigenvalue weighted by atomic mass is 10.1. The van der Waals surface area contributed by atoms with Gasteiger partial charge >= 0.3 is 11.9 Å². The summed E-state index contributed by atoms with van der Waals surface area (Å²) in [6.45, 7) is 7.77. The molecule has 0 bridgehead atoms. The maximum atomic E-state index is 12.8. The van der Waals surface area contributed by atoms with Crippen molar-refractivity contribution in [3.8, 4) is 0 Å². The minimum Gasteiger partial charge on any atom is -0.462 e. The zero-order chi connectivity index (χ0) is 43.5. The van der Waals surface area contributed by atoms with Gasteiger partial charge in [0.25, 0.3) is 0 Å². The molecule has 0 fully saturated rings. The Morgan fingerprint density at radius 3 is 1.13 bits per heavy atom. The molecule has 350 valence electrons. The number of allylic oxidation sites excluding steroid dienone is 8. The van der Waals surface area contributed by atoms with Crippen molar-refractivity contribution in [2.75, 3.05) is 19.8 Å². The monoisotopic (exact) mass is 841 g/mol. The minimum atomic E-state index is -0.541. The zero-order valence-electron chi connectivity index (χ0n) is 40.2. The maximum Gasteiger partial charge on any atom is 0.306 e.